The van der Waals surface area contributed by atoms with E-state index in [2.05, 4.69) is 13.2 Å². The maximum Gasteiger partial charge on any atom is 0.213 e. The summed E-state index contributed by atoms with van der Waals surface area (Å²) in [5, 5.41) is 18.3. The first kappa shape index (κ1) is 10.8. The normalized spacial score (nSPS) is 16.4. The summed E-state index contributed by atoms with van der Waals surface area (Å²) in [7, 11) is 0. The van der Waals surface area contributed by atoms with Gasteiger partial charge in [0.25, 0.3) is 0 Å². The smallest absolute Gasteiger partial charge is 0.213 e. The lowest BCUT2D eigenvalue weighted by Crippen LogP contribution is -2.25. The third-order valence-corrected chi connectivity index (χ3v) is 1.85. The fourth-order valence-corrected chi connectivity index (χ4v) is 1.22. The van der Waals surface area contributed by atoms with Crippen molar-refractivity contribution >= 4 is 11.6 Å². The Morgan fingerprint density at radius 2 is 1.60 bits per heavy atom. The van der Waals surface area contributed by atoms with E-state index < -0.39 is 28.7 Å². The van der Waals surface area contributed by atoms with Crippen LogP contribution in [-0.2, 0) is 9.59 Å². The molecule has 0 amide bonds. The molecule has 0 aromatic heterocycles. The Morgan fingerprint density at radius 3 is 2.00 bits per heavy atom. The van der Waals surface area contributed by atoms with Gasteiger partial charge in [-0.2, -0.15) is 0 Å². The lowest BCUT2D eigenvalue weighted by atomic mass is 9.91. The van der Waals surface area contributed by atoms with Crippen LogP contribution < -0.4 is 5.73 Å². The number of hydrogen-bond acceptors (Lipinski definition) is 5. The van der Waals surface area contributed by atoms with Crippen molar-refractivity contribution in [1.82, 2.24) is 0 Å². The summed E-state index contributed by atoms with van der Waals surface area (Å²) < 4.78 is 0. The van der Waals surface area contributed by atoms with Gasteiger partial charge in [-0.1, -0.05) is 13.2 Å². The van der Waals surface area contributed by atoms with Gasteiger partial charge in [0.15, 0.2) is 5.78 Å². The highest BCUT2D eigenvalue weighted by Crippen LogP contribution is 2.24. The first-order chi connectivity index (χ1) is 6.86. The Kier molecular flexibility index (Phi) is 2.48. The third kappa shape index (κ3) is 1.67. The lowest BCUT2D eigenvalue weighted by molar-refractivity contribution is -0.116. The van der Waals surface area contributed by atoms with Gasteiger partial charge in [0.1, 0.15) is 11.5 Å². The summed E-state index contributed by atoms with van der Waals surface area (Å²) in [6.07, 6.45) is 0.867. The van der Waals surface area contributed by atoms with E-state index in [9.17, 15) is 9.59 Å². The van der Waals surface area contributed by atoms with Crippen molar-refractivity contribution < 1.29 is 19.8 Å². The molecular formula is C10H9NO4. The number of hydrogen-bond donors (Lipinski definition) is 3. The molecule has 5 nitrogen and oxygen atoms in total. The predicted molar refractivity (Wildman–Crippen MR) is 52.8 cm³/mol. The van der Waals surface area contributed by atoms with Gasteiger partial charge in [-0.25, -0.2) is 0 Å². The van der Waals surface area contributed by atoms with Crippen LogP contribution in [0.2, 0.25) is 0 Å². The number of allylic oxidation sites excluding steroid dienone is 4. The molecule has 15 heavy (non-hydrogen) atoms. The van der Waals surface area contributed by atoms with Gasteiger partial charge in [0.05, 0.1) is 16.8 Å². The highest BCUT2D eigenvalue weighted by atomic mass is 16.3. The monoisotopic (exact) mass is 207 g/mol. The fourth-order valence-electron chi connectivity index (χ4n) is 1.22. The highest BCUT2D eigenvalue weighted by molar-refractivity contribution is 6.25. The second kappa shape index (κ2) is 3.45. The minimum Gasteiger partial charge on any atom is -0.508 e. The number of nitrogens with two attached hydrogens (primary N) is 1. The van der Waals surface area contributed by atoms with Crippen LogP contribution in [0.3, 0.4) is 0 Å². The molecular weight excluding hydrogens is 198 g/mol. The van der Waals surface area contributed by atoms with Crippen molar-refractivity contribution in [2.24, 2.45) is 5.73 Å². The van der Waals surface area contributed by atoms with Crippen LogP contribution >= 0.6 is 0 Å². The van der Waals surface area contributed by atoms with Crippen molar-refractivity contribution in [3.63, 3.8) is 0 Å². The molecule has 0 radical (unpaired) electrons. The van der Waals surface area contributed by atoms with E-state index in [1.807, 2.05) is 0 Å². The van der Waals surface area contributed by atoms with Crippen LogP contribution in [0, 0.1) is 0 Å². The van der Waals surface area contributed by atoms with Gasteiger partial charge in [0, 0.05) is 6.08 Å². The first-order valence-corrected chi connectivity index (χ1v) is 3.93. The standard InChI is InChI=1S/C10H9NO4/c1-4(12)8-7(14)3-6(11)10(15)9(8)5(2)13/h3,12-13H,1-2,11H2. The Balaban J connectivity index is 3.48. The minimum atomic E-state index is -0.757. The number of Topliss-reactive ketones (excluding diaryl/α,β-unsaturated/α-hetero) is 1. The summed E-state index contributed by atoms with van der Waals surface area (Å²) in [5.74, 6) is -2.69. The molecule has 0 unspecified atom stereocenters. The van der Waals surface area contributed by atoms with Gasteiger partial charge in [-0.05, 0) is 0 Å². The maximum absolute atomic E-state index is 11.5. The summed E-state index contributed by atoms with van der Waals surface area (Å²) in [6.45, 7) is 6.24. The van der Waals surface area contributed by atoms with Gasteiger partial charge in [0.2, 0.25) is 5.78 Å². The van der Waals surface area contributed by atoms with Crippen molar-refractivity contribution in [2.75, 3.05) is 0 Å². The van der Waals surface area contributed by atoms with E-state index in [1.54, 1.807) is 0 Å². The molecule has 0 spiro atoms. The average molecular weight is 207 g/mol. The molecule has 0 bridgehead atoms. The van der Waals surface area contributed by atoms with E-state index in [1.165, 1.54) is 0 Å². The van der Waals surface area contributed by atoms with Gasteiger partial charge in [-0.15, -0.1) is 0 Å². The zero-order valence-corrected chi connectivity index (χ0v) is 7.78. The number of rotatable bonds is 2. The molecule has 4 N–H and O–H groups in total. The third-order valence-electron chi connectivity index (χ3n) is 1.85. The molecule has 1 aliphatic rings. The largest absolute Gasteiger partial charge is 0.508 e. The topological polar surface area (TPSA) is 101 Å². The zero-order valence-electron chi connectivity index (χ0n) is 7.78. The Morgan fingerprint density at radius 1 is 1.13 bits per heavy atom. The summed E-state index contributed by atoms with van der Waals surface area (Å²) in [5.41, 5.74) is 4.16. The Bertz CT molecular complexity index is 454. The van der Waals surface area contributed by atoms with E-state index in [0.717, 1.165) is 6.08 Å². The molecule has 0 atom stereocenters. The summed E-state index contributed by atoms with van der Waals surface area (Å²) in [6, 6.07) is 0. The fraction of sp³-hybridized carbons (Fsp3) is 0. The second-order valence-electron chi connectivity index (χ2n) is 2.94. The van der Waals surface area contributed by atoms with Crippen molar-refractivity contribution in [1.29, 1.82) is 0 Å². The lowest BCUT2D eigenvalue weighted by Gasteiger charge is -2.15. The van der Waals surface area contributed by atoms with E-state index in [0.29, 0.717) is 0 Å². The summed E-state index contributed by atoms with van der Waals surface area (Å²) >= 11 is 0. The Hall–Kier alpha value is -2.30. The van der Waals surface area contributed by atoms with Gasteiger partial charge >= 0.3 is 0 Å². The molecule has 0 aromatic carbocycles. The van der Waals surface area contributed by atoms with Crippen molar-refractivity contribution in [3.8, 4) is 0 Å². The van der Waals surface area contributed by atoms with Crippen LogP contribution in [-0.4, -0.2) is 21.8 Å². The van der Waals surface area contributed by atoms with Crippen LogP contribution in [0.5, 0.6) is 0 Å². The van der Waals surface area contributed by atoms with Crippen molar-refractivity contribution in [3.05, 3.63) is 47.6 Å². The molecule has 78 valence electrons. The second-order valence-corrected chi connectivity index (χ2v) is 2.94. The molecule has 0 aliphatic heterocycles. The molecule has 1 rings (SSSR count). The number of aliphatic hydroxyl groups excluding tert-OH is 2. The van der Waals surface area contributed by atoms with Crippen LogP contribution in [0.15, 0.2) is 47.6 Å². The zero-order chi connectivity index (χ0) is 11.7. The van der Waals surface area contributed by atoms with Crippen molar-refractivity contribution in [2.45, 2.75) is 0 Å². The molecule has 0 fully saturated rings. The molecule has 5 heteroatoms. The van der Waals surface area contributed by atoms with Gasteiger partial charge < -0.3 is 15.9 Å². The molecule has 1 aliphatic carbocycles. The average Bonchev–Trinajstić information content (AvgIpc) is 2.09. The van der Waals surface area contributed by atoms with E-state index in [4.69, 9.17) is 15.9 Å². The minimum absolute atomic E-state index is 0.310. The quantitative estimate of drug-likeness (QED) is 0.450. The van der Waals surface area contributed by atoms with Gasteiger partial charge in [-0.3, -0.25) is 9.59 Å². The van der Waals surface area contributed by atoms with Crippen LogP contribution in [0.4, 0.5) is 0 Å². The number of aliphatic hydroxyl groups is 2. The van der Waals surface area contributed by atoms with Crippen LogP contribution in [0.25, 0.3) is 0 Å². The summed E-state index contributed by atoms with van der Waals surface area (Å²) in [4.78, 5) is 22.8. The Labute approximate surface area is 85.5 Å². The van der Waals surface area contributed by atoms with Crippen LogP contribution in [0.1, 0.15) is 0 Å². The highest BCUT2D eigenvalue weighted by Gasteiger charge is 2.30. The number of carbonyl (C=O) groups excluding carboxylic acids is 2. The molecule has 0 saturated carbocycles. The number of ketones is 2. The molecule has 0 heterocycles. The number of carbonyl (C=O) groups is 2. The SMILES string of the molecule is C=C(O)C1=C(C(=C)O)C(=O)C(N)=CC1=O. The first-order valence-electron chi connectivity index (χ1n) is 3.93. The molecule has 0 saturated heterocycles. The van der Waals surface area contributed by atoms with E-state index >= 15 is 0 Å². The van der Waals surface area contributed by atoms with E-state index in [-0.39, 0.29) is 11.3 Å². The maximum atomic E-state index is 11.5. The predicted octanol–water partition coefficient (Wildman–Crippen LogP) is 0.421. The molecule has 0 aromatic rings.